The van der Waals surface area contributed by atoms with Crippen molar-refractivity contribution in [2.75, 3.05) is 6.54 Å². The first-order chi connectivity index (χ1) is 12.4. The number of ketones is 1. The van der Waals surface area contributed by atoms with Gasteiger partial charge in [0, 0.05) is 23.1 Å². The number of rotatable bonds is 4. The van der Waals surface area contributed by atoms with E-state index >= 15 is 0 Å². The Kier molecular flexibility index (Phi) is 4.15. The Hall–Kier alpha value is -2.47. The van der Waals surface area contributed by atoms with Crippen LogP contribution in [0.15, 0.2) is 64.6 Å². The minimum absolute atomic E-state index is 0.120. The molecule has 0 radical (unpaired) electrons. The predicted octanol–water partition coefficient (Wildman–Crippen LogP) is 4.71. The van der Waals surface area contributed by atoms with Crippen molar-refractivity contribution in [2.45, 2.75) is 18.9 Å². The fourth-order valence-electron chi connectivity index (χ4n) is 3.32. The van der Waals surface area contributed by atoms with E-state index in [1.165, 1.54) is 36.4 Å². The Labute approximate surface area is 154 Å². The van der Waals surface area contributed by atoms with E-state index in [-0.39, 0.29) is 23.8 Å². The highest BCUT2D eigenvalue weighted by atomic mass is 32.2. The molecule has 0 spiro atoms. The van der Waals surface area contributed by atoms with Crippen LogP contribution in [0.3, 0.4) is 0 Å². The van der Waals surface area contributed by atoms with E-state index < -0.39 is 5.54 Å². The van der Waals surface area contributed by atoms with Gasteiger partial charge in [-0.1, -0.05) is 23.9 Å². The van der Waals surface area contributed by atoms with E-state index in [4.69, 9.17) is 4.99 Å². The van der Waals surface area contributed by atoms with Gasteiger partial charge in [0.15, 0.2) is 11.0 Å². The van der Waals surface area contributed by atoms with E-state index in [0.717, 1.165) is 15.6 Å². The van der Waals surface area contributed by atoms with Crippen molar-refractivity contribution >= 4 is 22.7 Å². The van der Waals surface area contributed by atoms with Crippen LogP contribution in [-0.2, 0) is 5.54 Å². The highest BCUT2D eigenvalue weighted by Crippen LogP contribution is 2.43. The number of fused-ring (bicyclic) bond motifs is 1. The molecular weight excluding hydrogens is 354 g/mol. The third-order valence-electron chi connectivity index (χ3n) is 4.58. The van der Waals surface area contributed by atoms with Gasteiger partial charge in [-0.2, -0.15) is 0 Å². The Morgan fingerprint density at radius 3 is 2.35 bits per heavy atom. The molecule has 0 aliphatic carbocycles. The topological polar surface area (TPSA) is 32.7 Å². The molecule has 2 aliphatic rings. The molecule has 0 saturated carbocycles. The number of halogens is 2. The van der Waals surface area contributed by atoms with E-state index in [2.05, 4.69) is 0 Å². The molecular formula is C20H16F2N2OS. The molecule has 0 amide bonds. The van der Waals surface area contributed by atoms with E-state index in [1.54, 1.807) is 23.9 Å². The Balaban J connectivity index is 1.69. The Morgan fingerprint density at radius 1 is 1.12 bits per heavy atom. The first-order valence-electron chi connectivity index (χ1n) is 8.23. The second-order valence-electron chi connectivity index (χ2n) is 6.51. The van der Waals surface area contributed by atoms with Gasteiger partial charge in [-0.3, -0.25) is 4.79 Å². The first kappa shape index (κ1) is 17.0. The summed E-state index contributed by atoms with van der Waals surface area (Å²) in [6.07, 6.45) is 2.15. The maximum absolute atomic E-state index is 13.4. The van der Waals surface area contributed by atoms with E-state index in [1.807, 2.05) is 18.0 Å². The molecule has 0 saturated heterocycles. The van der Waals surface area contributed by atoms with Gasteiger partial charge in [0.2, 0.25) is 0 Å². The molecule has 4 rings (SSSR count). The SMILES string of the molecule is CC1=CN2CC(CC(=O)c3ccc(F)cc3)(c3ccc(F)cc3)N=C2S1. The molecule has 1 unspecified atom stereocenters. The largest absolute Gasteiger partial charge is 0.324 e. The summed E-state index contributed by atoms with van der Waals surface area (Å²) < 4.78 is 26.5. The van der Waals surface area contributed by atoms with Gasteiger partial charge in [0.25, 0.3) is 0 Å². The van der Waals surface area contributed by atoms with Gasteiger partial charge in [-0.15, -0.1) is 0 Å². The van der Waals surface area contributed by atoms with Crippen LogP contribution in [0.4, 0.5) is 8.78 Å². The van der Waals surface area contributed by atoms with Crippen LogP contribution in [0, 0.1) is 11.6 Å². The van der Waals surface area contributed by atoms with Crippen molar-refractivity contribution in [3.8, 4) is 0 Å². The predicted molar refractivity (Wildman–Crippen MR) is 98.9 cm³/mol. The maximum atomic E-state index is 13.4. The second-order valence-corrected chi connectivity index (χ2v) is 7.72. The number of hydrogen-bond acceptors (Lipinski definition) is 4. The maximum Gasteiger partial charge on any atom is 0.168 e. The zero-order chi connectivity index (χ0) is 18.3. The lowest BCUT2D eigenvalue weighted by Gasteiger charge is -2.27. The standard InChI is InChI=1S/C20H16F2N2OS/c1-13-11-24-12-20(23-19(24)26-13,15-4-8-17(22)9-5-15)10-18(25)14-2-6-16(21)7-3-14/h2-9,11H,10,12H2,1H3. The average Bonchev–Trinajstić information content (AvgIpc) is 3.10. The van der Waals surface area contributed by atoms with Gasteiger partial charge in [-0.25, -0.2) is 13.8 Å². The fourth-order valence-corrected chi connectivity index (χ4v) is 4.24. The molecule has 0 fully saturated rings. The highest BCUT2D eigenvalue weighted by Gasteiger charge is 2.44. The van der Waals surface area contributed by atoms with Crippen LogP contribution in [0.25, 0.3) is 0 Å². The van der Waals surface area contributed by atoms with Crippen LogP contribution in [0.5, 0.6) is 0 Å². The molecule has 6 heteroatoms. The summed E-state index contributed by atoms with van der Waals surface area (Å²) in [6, 6.07) is 11.7. The van der Waals surface area contributed by atoms with Gasteiger partial charge >= 0.3 is 0 Å². The van der Waals surface area contributed by atoms with Gasteiger partial charge in [0.1, 0.15) is 17.2 Å². The van der Waals surface area contributed by atoms with Crippen molar-refractivity contribution in [1.82, 2.24) is 4.90 Å². The second kappa shape index (κ2) is 6.36. The number of amidine groups is 1. The molecule has 0 aromatic heterocycles. The molecule has 2 aliphatic heterocycles. The summed E-state index contributed by atoms with van der Waals surface area (Å²) in [5.41, 5.74) is 0.459. The lowest BCUT2D eigenvalue weighted by Crippen LogP contribution is -2.33. The monoisotopic (exact) mass is 370 g/mol. The quantitative estimate of drug-likeness (QED) is 0.731. The number of carbonyl (C=O) groups is 1. The molecule has 1 atom stereocenters. The van der Waals surface area contributed by atoms with Crippen molar-refractivity contribution in [3.05, 3.63) is 82.4 Å². The van der Waals surface area contributed by atoms with Gasteiger partial charge in [0.05, 0.1) is 6.54 Å². The number of carbonyl (C=O) groups excluding carboxylic acids is 1. The molecule has 0 bridgehead atoms. The van der Waals surface area contributed by atoms with E-state index in [9.17, 15) is 13.6 Å². The van der Waals surface area contributed by atoms with Crippen LogP contribution < -0.4 is 0 Å². The third-order valence-corrected chi connectivity index (χ3v) is 5.51. The molecule has 132 valence electrons. The average molecular weight is 370 g/mol. The molecule has 2 aromatic carbocycles. The molecule has 26 heavy (non-hydrogen) atoms. The number of nitrogens with zero attached hydrogens (tertiary/aromatic N) is 2. The summed E-state index contributed by atoms with van der Waals surface area (Å²) in [5, 5.41) is 0.846. The summed E-state index contributed by atoms with van der Waals surface area (Å²) in [6.45, 7) is 2.53. The first-order valence-corrected chi connectivity index (χ1v) is 9.04. The summed E-state index contributed by atoms with van der Waals surface area (Å²) in [7, 11) is 0. The van der Waals surface area contributed by atoms with E-state index in [0.29, 0.717) is 12.1 Å². The number of aliphatic imine (C=N–C) groups is 1. The molecule has 2 heterocycles. The lowest BCUT2D eigenvalue weighted by atomic mass is 9.84. The van der Waals surface area contributed by atoms with Crippen molar-refractivity contribution < 1.29 is 13.6 Å². The molecule has 0 N–H and O–H groups in total. The number of thioether (sulfide) groups is 1. The minimum atomic E-state index is -0.779. The Bertz CT molecular complexity index is 922. The number of benzene rings is 2. The number of allylic oxidation sites excluding steroid dienone is 1. The van der Waals surface area contributed by atoms with Crippen molar-refractivity contribution in [3.63, 3.8) is 0 Å². The van der Waals surface area contributed by atoms with Crippen molar-refractivity contribution in [1.29, 1.82) is 0 Å². The minimum Gasteiger partial charge on any atom is -0.324 e. The highest BCUT2D eigenvalue weighted by molar-refractivity contribution is 8.17. The fraction of sp³-hybridized carbons (Fsp3) is 0.200. The Morgan fingerprint density at radius 2 is 1.73 bits per heavy atom. The number of hydrogen-bond donors (Lipinski definition) is 0. The smallest absolute Gasteiger partial charge is 0.168 e. The molecule has 3 nitrogen and oxygen atoms in total. The van der Waals surface area contributed by atoms with Gasteiger partial charge in [-0.05, 0) is 48.9 Å². The summed E-state index contributed by atoms with van der Waals surface area (Å²) >= 11 is 1.56. The summed E-state index contributed by atoms with van der Waals surface area (Å²) in [4.78, 5) is 20.9. The number of Topliss-reactive ketones (excluding diaryl/α,β-unsaturated/α-hetero) is 1. The van der Waals surface area contributed by atoms with Gasteiger partial charge < -0.3 is 4.90 Å². The van der Waals surface area contributed by atoms with Crippen molar-refractivity contribution in [2.24, 2.45) is 4.99 Å². The van der Waals surface area contributed by atoms with Crippen LogP contribution in [-0.4, -0.2) is 22.4 Å². The normalized spacial score (nSPS) is 21.4. The van der Waals surface area contributed by atoms with Crippen LogP contribution >= 0.6 is 11.8 Å². The molecule has 2 aromatic rings. The van der Waals surface area contributed by atoms with Crippen LogP contribution in [0.1, 0.15) is 29.3 Å². The zero-order valence-electron chi connectivity index (χ0n) is 14.1. The third kappa shape index (κ3) is 3.05. The lowest BCUT2D eigenvalue weighted by molar-refractivity contribution is 0.0950. The summed E-state index contributed by atoms with van der Waals surface area (Å²) in [5.74, 6) is -0.830. The zero-order valence-corrected chi connectivity index (χ0v) is 14.9. The van der Waals surface area contributed by atoms with Crippen LogP contribution in [0.2, 0.25) is 0 Å².